The first-order valence-corrected chi connectivity index (χ1v) is 10.1. The Morgan fingerprint density at radius 2 is 1.73 bits per heavy atom. The van der Waals surface area contributed by atoms with Crippen molar-refractivity contribution in [3.8, 4) is 0 Å². The number of para-hydroxylation sites is 1. The topological polar surface area (TPSA) is 33.2 Å². The first-order valence-electron chi connectivity index (χ1n) is 7.59. The maximum atomic E-state index is 12.6. The molecule has 1 saturated heterocycles. The van der Waals surface area contributed by atoms with E-state index in [1.165, 1.54) is 17.8 Å². The van der Waals surface area contributed by atoms with Gasteiger partial charge in [0.15, 0.2) is 0 Å². The summed E-state index contributed by atoms with van der Waals surface area (Å²) in [5.74, 6) is 0.231. The fourth-order valence-corrected chi connectivity index (χ4v) is 5.02. The largest absolute Gasteiger partial charge is 0.293 e. The monoisotopic (exact) mass is 442 g/mol. The SMILES string of the molecule is O=C1CSC(c2cc3ccccc3nc2Cl)N1c1cc(Cl)c(Cl)cc1Cl. The summed E-state index contributed by atoms with van der Waals surface area (Å²) in [7, 11) is 0. The van der Waals surface area contributed by atoms with E-state index in [4.69, 9.17) is 46.4 Å². The molecule has 1 amide bonds. The van der Waals surface area contributed by atoms with Crippen LogP contribution in [-0.2, 0) is 4.79 Å². The molecule has 0 N–H and O–H groups in total. The number of nitrogens with zero attached hydrogens (tertiary/aromatic N) is 2. The second-order valence-electron chi connectivity index (χ2n) is 5.71. The van der Waals surface area contributed by atoms with E-state index >= 15 is 0 Å². The van der Waals surface area contributed by atoms with Gasteiger partial charge in [-0.25, -0.2) is 4.98 Å². The Hall–Kier alpha value is -1.17. The molecular formula is C18H10Cl4N2OS. The van der Waals surface area contributed by atoms with E-state index < -0.39 is 0 Å². The molecule has 132 valence electrons. The summed E-state index contributed by atoms with van der Waals surface area (Å²) in [6, 6.07) is 12.8. The fraction of sp³-hybridized carbons (Fsp3) is 0.111. The Morgan fingerprint density at radius 1 is 1.00 bits per heavy atom. The molecule has 1 aromatic heterocycles. The van der Waals surface area contributed by atoms with Gasteiger partial charge in [-0.05, 0) is 24.3 Å². The average Bonchev–Trinajstić information content (AvgIpc) is 2.98. The van der Waals surface area contributed by atoms with Gasteiger partial charge in [0.05, 0.1) is 32.0 Å². The van der Waals surface area contributed by atoms with Crippen LogP contribution in [-0.4, -0.2) is 16.6 Å². The standard InChI is InChI=1S/C18H10Cl4N2OS/c19-11-6-13(21)15(7-12(11)20)24-16(25)8-26-18(24)10-5-9-3-1-2-4-14(9)23-17(10)22/h1-7,18H,8H2. The molecule has 0 bridgehead atoms. The van der Waals surface area contributed by atoms with Crippen LogP contribution in [0.3, 0.4) is 0 Å². The minimum absolute atomic E-state index is 0.0792. The lowest BCUT2D eigenvalue weighted by Gasteiger charge is -2.26. The number of thioether (sulfide) groups is 1. The highest BCUT2D eigenvalue weighted by Crippen LogP contribution is 2.47. The van der Waals surface area contributed by atoms with Gasteiger partial charge >= 0.3 is 0 Å². The Bertz CT molecular complexity index is 1040. The van der Waals surface area contributed by atoms with Crippen molar-refractivity contribution in [2.45, 2.75) is 5.37 Å². The van der Waals surface area contributed by atoms with Crippen molar-refractivity contribution >= 4 is 80.7 Å². The predicted octanol–water partition coefficient (Wildman–Crippen LogP) is 6.63. The normalized spacial score (nSPS) is 17.3. The molecule has 2 aromatic carbocycles. The molecule has 1 aliphatic heterocycles. The number of rotatable bonds is 2. The molecule has 0 radical (unpaired) electrons. The van der Waals surface area contributed by atoms with Crippen LogP contribution >= 0.6 is 58.2 Å². The second kappa shape index (κ2) is 7.10. The van der Waals surface area contributed by atoms with Crippen LogP contribution in [0.5, 0.6) is 0 Å². The van der Waals surface area contributed by atoms with Crippen molar-refractivity contribution in [3.05, 3.63) is 68.2 Å². The van der Waals surface area contributed by atoms with Crippen LogP contribution in [0.4, 0.5) is 5.69 Å². The lowest BCUT2D eigenvalue weighted by atomic mass is 10.1. The number of amides is 1. The van der Waals surface area contributed by atoms with Crippen molar-refractivity contribution < 1.29 is 4.79 Å². The number of hydrogen-bond donors (Lipinski definition) is 0. The summed E-state index contributed by atoms with van der Waals surface area (Å²) >= 11 is 26.4. The van der Waals surface area contributed by atoms with E-state index in [-0.39, 0.29) is 11.3 Å². The van der Waals surface area contributed by atoms with Crippen LogP contribution < -0.4 is 4.90 Å². The fourth-order valence-electron chi connectivity index (χ4n) is 2.89. The highest BCUT2D eigenvalue weighted by atomic mass is 35.5. The summed E-state index contributed by atoms with van der Waals surface area (Å²) in [5, 5.41) is 1.98. The second-order valence-corrected chi connectivity index (χ2v) is 8.35. The number of aromatic nitrogens is 1. The number of carbonyl (C=O) groups excluding carboxylic acids is 1. The maximum Gasteiger partial charge on any atom is 0.238 e. The summed E-state index contributed by atoms with van der Waals surface area (Å²) in [5.41, 5.74) is 2.06. The molecule has 8 heteroatoms. The Labute approximate surface area is 174 Å². The summed E-state index contributed by atoms with van der Waals surface area (Å²) in [6.07, 6.45) is 0. The van der Waals surface area contributed by atoms with Gasteiger partial charge in [-0.3, -0.25) is 9.69 Å². The zero-order valence-corrected chi connectivity index (χ0v) is 16.9. The van der Waals surface area contributed by atoms with Crippen molar-refractivity contribution in [3.63, 3.8) is 0 Å². The Balaban J connectivity index is 1.85. The quantitative estimate of drug-likeness (QED) is 0.329. The van der Waals surface area contributed by atoms with Crippen molar-refractivity contribution in [1.29, 1.82) is 0 Å². The molecule has 4 rings (SSSR count). The molecule has 0 spiro atoms. The van der Waals surface area contributed by atoms with Gasteiger partial charge in [0, 0.05) is 10.9 Å². The van der Waals surface area contributed by atoms with Crippen LogP contribution in [0.2, 0.25) is 20.2 Å². The molecule has 1 atom stereocenters. The van der Waals surface area contributed by atoms with Crippen LogP contribution in [0.25, 0.3) is 10.9 Å². The number of halogens is 4. The molecular weight excluding hydrogens is 434 g/mol. The Morgan fingerprint density at radius 3 is 2.54 bits per heavy atom. The smallest absolute Gasteiger partial charge is 0.238 e. The van der Waals surface area contributed by atoms with E-state index in [0.29, 0.717) is 31.7 Å². The van der Waals surface area contributed by atoms with E-state index in [9.17, 15) is 4.79 Å². The van der Waals surface area contributed by atoms with Gasteiger partial charge in [-0.1, -0.05) is 64.6 Å². The molecule has 3 nitrogen and oxygen atoms in total. The third kappa shape index (κ3) is 3.14. The first kappa shape index (κ1) is 18.2. The zero-order valence-electron chi connectivity index (χ0n) is 13.0. The van der Waals surface area contributed by atoms with Crippen LogP contribution in [0.15, 0.2) is 42.5 Å². The molecule has 2 heterocycles. The number of fused-ring (bicyclic) bond motifs is 1. The lowest BCUT2D eigenvalue weighted by molar-refractivity contribution is -0.115. The van der Waals surface area contributed by atoms with Gasteiger partial charge in [0.1, 0.15) is 10.5 Å². The summed E-state index contributed by atoms with van der Waals surface area (Å²) in [4.78, 5) is 18.7. The first-order chi connectivity index (χ1) is 12.5. The zero-order chi connectivity index (χ0) is 18.4. The number of pyridine rings is 1. The van der Waals surface area contributed by atoms with E-state index in [2.05, 4.69) is 4.98 Å². The molecule has 0 saturated carbocycles. The highest BCUT2D eigenvalue weighted by molar-refractivity contribution is 8.00. The van der Waals surface area contributed by atoms with Gasteiger partial charge < -0.3 is 0 Å². The Kier molecular flexibility index (Phi) is 4.97. The molecule has 26 heavy (non-hydrogen) atoms. The number of hydrogen-bond acceptors (Lipinski definition) is 3. The molecule has 1 aliphatic rings. The van der Waals surface area contributed by atoms with Crippen molar-refractivity contribution in [2.75, 3.05) is 10.7 Å². The number of anilines is 1. The minimum atomic E-state index is -0.346. The van der Waals surface area contributed by atoms with Gasteiger partial charge in [-0.2, -0.15) is 0 Å². The number of carbonyl (C=O) groups is 1. The van der Waals surface area contributed by atoms with Crippen LogP contribution in [0.1, 0.15) is 10.9 Å². The highest BCUT2D eigenvalue weighted by Gasteiger charge is 2.37. The van der Waals surface area contributed by atoms with Gasteiger partial charge in [-0.15, -0.1) is 11.8 Å². The van der Waals surface area contributed by atoms with E-state index in [1.807, 2.05) is 30.3 Å². The van der Waals surface area contributed by atoms with Crippen LogP contribution in [0, 0.1) is 0 Å². The number of benzene rings is 2. The molecule has 0 aliphatic carbocycles. The van der Waals surface area contributed by atoms with E-state index in [0.717, 1.165) is 16.5 Å². The lowest BCUT2D eigenvalue weighted by Crippen LogP contribution is -2.28. The van der Waals surface area contributed by atoms with E-state index in [1.54, 1.807) is 11.0 Å². The van der Waals surface area contributed by atoms with Gasteiger partial charge in [0.2, 0.25) is 5.91 Å². The van der Waals surface area contributed by atoms with Crippen molar-refractivity contribution in [1.82, 2.24) is 4.98 Å². The van der Waals surface area contributed by atoms with Gasteiger partial charge in [0.25, 0.3) is 0 Å². The maximum absolute atomic E-state index is 12.6. The molecule has 1 unspecified atom stereocenters. The predicted molar refractivity (Wildman–Crippen MR) is 111 cm³/mol. The average molecular weight is 444 g/mol. The molecule has 1 fully saturated rings. The molecule has 3 aromatic rings. The third-order valence-corrected chi connectivity index (χ3v) is 6.61. The minimum Gasteiger partial charge on any atom is -0.293 e. The third-order valence-electron chi connectivity index (χ3n) is 4.09. The van der Waals surface area contributed by atoms with Crippen molar-refractivity contribution in [2.24, 2.45) is 0 Å². The summed E-state index contributed by atoms with van der Waals surface area (Å²) < 4.78 is 0. The summed E-state index contributed by atoms with van der Waals surface area (Å²) in [6.45, 7) is 0.